The first kappa shape index (κ1) is 22.4. The molecular weight excluding hydrogens is 316 g/mol. The van der Waals surface area contributed by atoms with E-state index in [1.807, 2.05) is 0 Å². The molecule has 0 saturated carbocycles. The topological polar surface area (TPSA) is 89.2 Å². The molecule has 0 aliphatic rings. The van der Waals surface area contributed by atoms with Gasteiger partial charge < -0.3 is 20.8 Å². The van der Waals surface area contributed by atoms with E-state index in [0.29, 0.717) is 0 Å². The van der Waals surface area contributed by atoms with E-state index in [1.165, 1.54) is 0 Å². The fraction of sp³-hybridized carbons (Fsp3) is 1.00. The standard InChI is InChI=1S/C3H8O3.2Ag.O/c4-1-3(6)2-5;;;/h3-6H,1-2H2;;;/q;2*+1;-2. The van der Waals surface area contributed by atoms with Crippen molar-refractivity contribution >= 4 is 0 Å². The van der Waals surface area contributed by atoms with E-state index in [1.54, 1.807) is 0 Å². The zero-order valence-electron chi connectivity index (χ0n) is 4.34. The van der Waals surface area contributed by atoms with Gasteiger partial charge in [0.2, 0.25) is 0 Å². The molecule has 0 rings (SSSR count). The number of rotatable bonds is 2. The molecule has 0 heterocycles. The third-order valence-electron chi connectivity index (χ3n) is 0.421. The maximum absolute atomic E-state index is 8.17. The first-order valence-electron chi connectivity index (χ1n) is 1.71. The summed E-state index contributed by atoms with van der Waals surface area (Å²) in [5.41, 5.74) is 0. The second kappa shape index (κ2) is 16.2. The molecule has 0 radical (unpaired) electrons. The number of aliphatic hydroxyl groups excluding tert-OH is 3. The molecule has 0 aliphatic heterocycles. The molecule has 0 aromatic rings. The van der Waals surface area contributed by atoms with E-state index in [-0.39, 0.29) is 63.5 Å². The summed E-state index contributed by atoms with van der Waals surface area (Å²) in [6.07, 6.45) is -0.954. The third-order valence-corrected chi connectivity index (χ3v) is 0.421. The molecule has 0 bridgehead atoms. The molecule has 0 fully saturated rings. The minimum atomic E-state index is -0.954. The molecule has 0 spiro atoms. The zero-order valence-corrected chi connectivity index (χ0v) is 7.31. The van der Waals surface area contributed by atoms with Crippen molar-refractivity contribution in [3.63, 3.8) is 0 Å². The Morgan fingerprint density at radius 2 is 1.22 bits per heavy atom. The summed E-state index contributed by atoms with van der Waals surface area (Å²) in [5.74, 6) is 0. The summed E-state index contributed by atoms with van der Waals surface area (Å²) in [4.78, 5) is 0. The fourth-order valence-corrected chi connectivity index (χ4v) is 0.0577. The Morgan fingerprint density at radius 3 is 1.22 bits per heavy atom. The number of hydrogen-bond donors (Lipinski definition) is 3. The van der Waals surface area contributed by atoms with Crippen LogP contribution in [0.15, 0.2) is 0 Å². The molecule has 9 heavy (non-hydrogen) atoms. The summed E-state index contributed by atoms with van der Waals surface area (Å²) in [7, 11) is 0. The van der Waals surface area contributed by atoms with Gasteiger partial charge in [-0.15, -0.1) is 0 Å². The van der Waals surface area contributed by atoms with Crippen LogP contribution < -0.4 is 0 Å². The van der Waals surface area contributed by atoms with Gasteiger partial charge in [-0.3, -0.25) is 0 Å². The molecule has 0 aromatic carbocycles. The van der Waals surface area contributed by atoms with Gasteiger partial charge in [-0.1, -0.05) is 0 Å². The van der Waals surface area contributed by atoms with E-state index in [4.69, 9.17) is 15.3 Å². The molecule has 0 aromatic heterocycles. The Bertz CT molecular complexity index is 33.0. The van der Waals surface area contributed by atoms with Gasteiger partial charge >= 0.3 is 44.8 Å². The van der Waals surface area contributed by atoms with Gasteiger partial charge in [0.1, 0.15) is 6.10 Å². The van der Waals surface area contributed by atoms with Gasteiger partial charge in [0.05, 0.1) is 13.2 Å². The van der Waals surface area contributed by atoms with Crippen LogP contribution in [0.25, 0.3) is 0 Å². The number of aliphatic hydroxyl groups is 3. The van der Waals surface area contributed by atoms with E-state index in [0.717, 1.165) is 0 Å². The van der Waals surface area contributed by atoms with E-state index < -0.39 is 6.10 Å². The minimum Gasteiger partial charge on any atom is -2.00 e. The average Bonchev–Trinajstić information content (AvgIpc) is 1.65. The van der Waals surface area contributed by atoms with Crippen LogP contribution in [-0.4, -0.2) is 34.6 Å². The summed E-state index contributed by atoms with van der Waals surface area (Å²) >= 11 is 0. The molecule has 4 nitrogen and oxygen atoms in total. The van der Waals surface area contributed by atoms with Gasteiger partial charge in [0.15, 0.2) is 0 Å². The first-order chi connectivity index (χ1) is 2.81. The second-order valence-electron chi connectivity index (χ2n) is 1.02. The van der Waals surface area contributed by atoms with Crippen molar-refractivity contribution in [3.05, 3.63) is 0 Å². The molecule has 6 heteroatoms. The van der Waals surface area contributed by atoms with Gasteiger partial charge in [-0.2, -0.15) is 0 Å². The molecule has 0 saturated heterocycles. The normalized spacial score (nSPS) is 6.67. The SMILES string of the molecule is OCC(O)CO.[Ag+].[Ag+].[O-2]. The van der Waals surface area contributed by atoms with Gasteiger partial charge in [-0.05, 0) is 0 Å². The van der Waals surface area contributed by atoms with Gasteiger partial charge in [0, 0.05) is 0 Å². The quantitative estimate of drug-likeness (QED) is 0.524. The van der Waals surface area contributed by atoms with Crippen molar-refractivity contribution in [3.8, 4) is 0 Å². The van der Waals surface area contributed by atoms with Gasteiger partial charge in [0.25, 0.3) is 0 Å². The molecule has 0 unspecified atom stereocenters. The third kappa shape index (κ3) is 17.6. The average molecular weight is 324 g/mol. The largest absolute Gasteiger partial charge is 2.00 e. The van der Waals surface area contributed by atoms with Crippen LogP contribution in [0.4, 0.5) is 0 Å². The Kier molecular flexibility index (Phi) is 40.3. The predicted octanol–water partition coefficient (Wildman–Crippen LogP) is -1.79. The Hall–Kier alpha value is 1.32. The van der Waals surface area contributed by atoms with Crippen LogP contribution in [0.2, 0.25) is 0 Å². The van der Waals surface area contributed by atoms with Crippen LogP contribution in [0.5, 0.6) is 0 Å². The zero-order chi connectivity index (χ0) is 4.99. The number of hydrogen-bond acceptors (Lipinski definition) is 3. The van der Waals surface area contributed by atoms with Crippen LogP contribution in [0, 0.1) is 0 Å². The Morgan fingerprint density at radius 1 is 1.00 bits per heavy atom. The van der Waals surface area contributed by atoms with Crippen molar-refractivity contribution < 1.29 is 65.6 Å². The minimum absolute atomic E-state index is 0. The smallest absolute Gasteiger partial charge is 1.00 e. The van der Waals surface area contributed by atoms with E-state index in [2.05, 4.69) is 0 Å². The summed E-state index contributed by atoms with van der Waals surface area (Å²) in [6, 6.07) is 0. The molecule has 0 atom stereocenters. The van der Waals surface area contributed by atoms with Crippen LogP contribution >= 0.6 is 0 Å². The van der Waals surface area contributed by atoms with Crippen molar-refractivity contribution in [1.82, 2.24) is 0 Å². The maximum atomic E-state index is 8.17. The molecule has 0 aliphatic carbocycles. The van der Waals surface area contributed by atoms with Crippen molar-refractivity contribution in [2.75, 3.05) is 13.2 Å². The molecule has 0 amide bonds. The maximum Gasteiger partial charge on any atom is 1.00 e. The van der Waals surface area contributed by atoms with Crippen LogP contribution in [0.1, 0.15) is 0 Å². The van der Waals surface area contributed by atoms with Crippen molar-refractivity contribution in [2.24, 2.45) is 0 Å². The summed E-state index contributed by atoms with van der Waals surface area (Å²) in [6.45, 7) is -0.729. The van der Waals surface area contributed by atoms with Crippen LogP contribution in [0.3, 0.4) is 0 Å². The van der Waals surface area contributed by atoms with Crippen LogP contribution in [-0.2, 0) is 50.2 Å². The first-order valence-corrected chi connectivity index (χ1v) is 1.71. The van der Waals surface area contributed by atoms with Gasteiger partial charge in [-0.25, -0.2) is 0 Å². The van der Waals surface area contributed by atoms with E-state index >= 15 is 0 Å². The van der Waals surface area contributed by atoms with Crippen molar-refractivity contribution in [2.45, 2.75) is 6.10 Å². The summed E-state index contributed by atoms with van der Waals surface area (Å²) in [5, 5.41) is 24.0. The second-order valence-corrected chi connectivity index (χ2v) is 1.02. The summed E-state index contributed by atoms with van der Waals surface area (Å²) < 4.78 is 0. The molecular formula is C3H8Ag2O4. The Labute approximate surface area is 84.6 Å². The van der Waals surface area contributed by atoms with Crippen molar-refractivity contribution in [1.29, 1.82) is 0 Å². The monoisotopic (exact) mass is 322 g/mol. The molecule has 66 valence electrons. The van der Waals surface area contributed by atoms with E-state index in [9.17, 15) is 0 Å². The predicted molar refractivity (Wildman–Crippen MR) is 20.9 cm³/mol. The Balaban J connectivity index is -0.0000000417. The molecule has 3 N–H and O–H groups in total. The fourth-order valence-electron chi connectivity index (χ4n) is 0.0577.